The van der Waals surface area contributed by atoms with Crippen molar-refractivity contribution in [2.24, 2.45) is 0 Å². The Balaban J connectivity index is 1.73. The van der Waals surface area contributed by atoms with Crippen LogP contribution in [0.2, 0.25) is 0 Å². The monoisotopic (exact) mass is 286 g/mol. The lowest BCUT2D eigenvalue weighted by molar-refractivity contribution is 0.119. The van der Waals surface area contributed by atoms with E-state index in [1.165, 1.54) is 19.3 Å². The molecule has 0 atom stereocenters. The van der Waals surface area contributed by atoms with Crippen molar-refractivity contribution >= 4 is 0 Å². The molecule has 5 heteroatoms. The zero-order valence-electron chi connectivity index (χ0n) is 12.2. The summed E-state index contributed by atoms with van der Waals surface area (Å²) in [6, 6.07) is 10.0. The Hall–Kier alpha value is -1.72. The van der Waals surface area contributed by atoms with Crippen LogP contribution in [0.3, 0.4) is 0 Å². The molecule has 1 heterocycles. The zero-order chi connectivity index (χ0) is 14.5. The van der Waals surface area contributed by atoms with Crippen molar-refractivity contribution in [2.45, 2.75) is 44.2 Å². The van der Waals surface area contributed by atoms with E-state index >= 15 is 0 Å². The van der Waals surface area contributed by atoms with E-state index in [1.54, 1.807) is 0 Å². The van der Waals surface area contributed by atoms with Crippen LogP contribution in [-0.2, 0) is 6.54 Å². The first-order valence-corrected chi connectivity index (χ1v) is 7.64. The number of hydrogen-bond donors (Lipinski definition) is 3. The Morgan fingerprint density at radius 2 is 1.86 bits per heavy atom. The molecular formula is C16H22N4O. The minimum Gasteiger partial charge on any atom is -0.394 e. The second-order valence-corrected chi connectivity index (χ2v) is 5.84. The van der Waals surface area contributed by atoms with Gasteiger partial charge in [-0.1, -0.05) is 49.6 Å². The fourth-order valence-electron chi connectivity index (χ4n) is 3.09. The smallest absolute Gasteiger partial charge is 0.117 e. The molecule has 5 nitrogen and oxygen atoms in total. The third-order valence-corrected chi connectivity index (χ3v) is 4.41. The molecule has 0 amide bonds. The molecule has 1 aliphatic rings. The molecule has 1 aromatic heterocycles. The quantitative estimate of drug-likeness (QED) is 0.788. The molecular weight excluding hydrogens is 264 g/mol. The molecule has 0 unspecified atom stereocenters. The number of aromatic nitrogens is 3. The van der Waals surface area contributed by atoms with E-state index in [2.05, 4.69) is 20.7 Å². The molecule has 0 bridgehead atoms. The molecule has 3 rings (SSSR count). The first kappa shape index (κ1) is 14.2. The van der Waals surface area contributed by atoms with Gasteiger partial charge in [-0.15, -0.1) is 0 Å². The highest BCUT2D eigenvalue weighted by atomic mass is 16.3. The largest absolute Gasteiger partial charge is 0.394 e. The third-order valence-electron chi connectivity index (χ3n) is 4.41. The molecule has 1 fully saturated rings. The SMILES string of the molecule is OCC1(NCc2n[nH]nc2-c2ccccc2)CCCCC1. The summed E-state index contributed by atoms with van der Waals surface area (Å²) in [7, 11) is 0. The first-order valence-electron chi connectivity index (χ1n) is 7.64. The van der Waals surface area contributed by atoms with Crippen molar-refractivity contribution in [3.05, 3.63) is 36.0 Å². The van der Waals surface area contributed by atoms with Crippen molar-refractivity contribution in [2.75, 3.05) is 6.61 Å². The molecule has 1 saturated carbocycles. The van der Waals surface area contributed by atoms with Gasteiger partial charge in [0.05, 0.1) is 6.61 Å². The van der Waals surface area contributed by atoms with Crippen molar-refractivity contribution < 1.29 is 5.11 Å². The highest BCUT2D eigenvalue weighted by Gasteiger charge is 2.31. The number of aliphatic hydroxyl groups excluding tert-OH is 1. The summed E-state index contributed by atoms with van der Waals surface area (Å²) in [6.07, 6.45) is 5.68. The van der Waals surface area contributed by atoms with Gasteiger partial charge < -0.3 is 10.4 Å². The molecule has 0 radical (unpaired) electrons. The second kappa shape index (κ2) is 6.37. The standard InChI is InChI=1S/C16H22N4O/c21-12-16(9-5-2-6-10-16)17-11-14-15(19-20-18-14)13-7-3-1-4-8-13/h1,3-4,7-8,17,21H,2,5-6,9-12H2,(H,18,19,20). The van der Waals surface area contributed by atoms with Gasteiger partial charge in [0.15, 0.2) is 0 Å². The van der Waals surface area contributed by atoms with Gasteiger partial charge >= 0.3 is 0 Å². The van der Waals surface area contributed by atoms with Crippen LogP contribution < -0.4 is 5.32 Å². The third kappa shape index (κ3) is 3.14. The average Bonchev–Trinajstić information content (AvgIpc) is 3.03. The van der Waals surface area contributed by atoms with Gasteiger partial charge in [0.25, 0.3) is 0 Å². The van der Waals surface area contributed by atoms with Crippen molar-refractivity contribution in [3.8, 4) is 11.3 Å². The Morgan fingerprint density at radius 1 is 1.10 bits per heavy atom. The summed E-state index contributed by atoms with van der Waals surface area (Å²) >= 11 is 0. The Labute approximate surface area is 124 Å². The first-order chi connectivity index (χ1) is 10.3. The van der Waals surface area contributed by atoms with E-state index in [1.807, 2.05) is 30.3 Å². The molecule has 1 aromatic carbocycles. The van der Waals surface area contributed by atoms with Gasteiger partial charge in [-0.25, -0.2) is 0 Å². The Kier molecular flexibility index (Phi) is 4.31. The summed E-state index contributed by atoms with van der Waals surface area (Å²) in [6.45, 7) is 0.812. The minimum atomic E-state index is -0.148. The lowest BCUT2D eigenvalue weighted by atomic mass is 9.82. The molecule has 21 heavy (non-hydrogen) atoms. The van der Waals surface area contributed by atoms with Crippen LogP contribution in [0, 0.1) is 0 Å². The molecule has 0 spiro atoms. The highest BCUT2D eigenvalue weighted by molar-refractivity contribution is 5.60. The van der Waals surface area contributed by atoms with Crippen LogP contribution in [0.15, 0.2) is 30.3 Å². The fourth-order valence-corrected chi connectivity index (χ4v) is 3.09. The number of rotatable bonds is 5. The topological polar surface area (TPSA) is 73.8 Å². The maximum absolute atomic E-state index is 9.75. The van der Waals surface area contributed by atoms with Crippen molar-refractivity contribution in [1.82, 2.24) is 20.7 Å². The Bertz CT molecular complexity index is 561. The summed E-state index contributed by atoms with van der Waals surface area (Å²) in [5, 5.41) is 24.5. The maximum atomic E-state index is 9.75. The van der Waals surface area contributed by atoms with E-state index in [-0.39, 0.29) is 12.1 Å². The Morgan fingerprint density at radius 3 is 2.57 bits per heavy atom. The summed E-state index contributed by atoms with van der Waals surface area (Å²) < 4.78 is 0. The predicted octanol–water partition coefficient (Wildman–Crippen LogP) is 2.26. The van der Waals surface area contributed by atoms with Crippen LogP contribution in [-0.4, -0.2) is 32.7 Å². The fraction of sp³-hybridized carbons (Fsp3) is 0.500. The number of aromatic amines is 1. The van der Waals surface area contributed by atoms with Crippen LogP contribution in [0.5, 0.6) is 0 Å². The predicted molar refractivity (Wildman–Crippen MR) is 81.6 cm³/mol. The molecule has 1 aliphatic carbocycles. The zero-order valence-corrected chi connectivity index (χ0v) is 12.2. The van der Waals surface area contributed by atoms with Crippen LogP contribution in [0.1, 0.15) is 37.8 Å². The number of aliphatic hydroxyl groups is 1. The van der Waals surface area contributed by atoms with E-state index in [0.29, 0.717) is 6.54 Å². The lowest BCUT2D eigenvalue weighted by Crippen LogP contribution is -2.49. The van der Waals surface area contributed by atoms with Gasteiger partial charge in [-0.05, 0) is 12.8 Å². The number of H-pyrrole nitrogens is 1. The highest BCUT2D eigenvalue weighted by Crippen LogP contribution is 2.28. The van der Waals surface area contributed by atoms with Crippen molar-refractivity contribution in [3.63, 3.8) is 0 Å². The number of hydrogen-bond acceptors (Lipinski definition) is 4. The molecule has 3 N–H and O–H groups in total. The lowest BCUT2D eigenvalue weighted by Gasteiger charge is -2.36. The van der Waals surface area contributed by atoms with Gasteiger partial charge in [0, 0.05) is 17.6 Å². The van der Waals surface area contributed by atoms with Gasteiger partial charge in [0.1, 0.15) is 11.4 Å². The normalized spacial score (nSPS) is 17.8. The average molecular weight is 286 g/mol. The van der Waals surface area contributed by atoms with Gasteiger partial charge in [0.2, 0.25) is 0 Å². The number of benzene rings is 1. The number of nitrogens with one attached hydrogen (secondary N) is 2. The molecule has 0 saturated heterocycles. The van der Waals surface area contributed by atoms with Crippen LogP contribution >= 0.6 is 0 Å². The summed E-state index contributed by atoms with van der Waals surface area (Å²) in [4.78, 5) is 0. The molecule has 2 aromatic rings. The molecule has 112 valence electrons. The maximum Gasteiger partial charge on any atom is 0.117 e. The van der Waals surface area contributed by atoms with Gasteiger partial charge in [-0.3, -0.25) is 0 Å². The minimum absolute atomic E-state index is 0.148. The van der Waals surface area contributed by atoms with E-state index in [9.17, 15) is 5.11 Å². The van der Waals surface area contributed by atoms with E-state index in [0.717, 1.165) is 29.8 Å². The molecule has 0 aliphatic heterocycles. The second-order valence-electron chi connectivity index (χ2n) is 5.84. The number of nitrogens with zero attached hydrogens (tertiary/aromatic N) is 2. The summed E-state index contributed by atoms with van der Waals surface area (Å²) in [5.41, 5.74) is 2.70. The van der Waals surface area contributed by atoms with Crippen LogP contribution in [0.25, 0.3) is 11.3 Å². The van der Waals surface area contributed by atoms with Crippen LogP contribution in [0.4, 0.5) is 0 Å². The van der Waals surface area contributed by atoms with Gasteiger partial charge in [-0.2, -0.15) is 15.4 Å². The van der Waals surface area contributed by atoms with E-state index < -0.39 is 0 Å². The van der Waals surface area contributed by atoms with E-state index in [4.69, 9.17) is 0 Å². The van der Waals surface area contributed by atoms with Crippen molar-refractivity contribution in [1.29, 1.82) is 0 Å². The summed E-state index contributed by atoms with van der Waals surface area (Å²) in [5.74, 6) is 0.